The topological polar surface area (TPSA) is 8.29 Å². The molecule has 1 aliphatic rings. The highest BCUT2D eigenvalue weighted by Gasteiger charge is 2.55. The molecule has 24 heavy (non-hydrogen) atoms. The normalized spacial score (nSPS) is 17.6. The third kappa shape index (κ3) is 1.71. The maximum Gasteiger partial charge on any atom is 0.243 e. The van der Waals surface area contributed by atoms with Crippen molar-refractivity contribution >= 4 is 5.52 Å². The molecule has 124 valence electrons. The number of benzene rings is 1. The van der Waals surface area contributed by atoms with Crippen LogP contribution >= 0.6 is 0 Å². The van der Waals surface area contributed by atoms with Crippen molar-refractivity contribution < 1.29 is 13.5 Å². The van der Waals surface area contributed by atoms with Crippen molar-refractivity contribution in [2.45, 2.75) is 45.6 Å². The van der Waals surface area contributed by atoms with Crippen molar-refractivity contribution in [1.29, 1.82) is 0 Å². The van der Waals surface area contributed by atoms with Gasteiger partial charge in [0, 0.05) is 26.0 Å². The van der Waals surface area contributed by atoms with Gasteiger partial charge in [0.25, 0.3) is 0 Å². The Morgan fingerprint density at radius 3 is 2.42 bits per heavy atom. The zero-order valence-corrected chi connectivity index (χ0v) is 14.6. The maximum absolute atomic E-state index is 14.8. The van der Waals surface area contributed by atoms with Crippen LogP contribution in [0.5, 0.6) is 0 Å². The molecule has 3 heterocycles. The van der Waals surface area contributed by atoms with E-state index in [1.165, 1.54) is 6.07 Å². The number of hydrogen-bond acceptors (Lipinski definition) is 0. The van der Waals surface area contributed by atoms with E-state index in [4.69, 9.17) is 0 Å². The lowest BCUT2D eigenvalue weighted by Crippen LogP contribution is -2.67. The van der Waals surface area contributed by atoms with E-state index in [-0.39, 0.29) is 5.54 Å². The Kier molecular flexibility index (Phi) is 2.83. The number of aryl methyl sites for hydroxylation is 1. The molecule has 0 radical (unpaired) electrons. The molecule has 0 atom stereocenters. The van der Waals surface area contributed by atoms with Gasteiger partial charge < -0.3 is 0 Å². The van der Waals surface area contributed by atoms with E-state index in [9.17, 15) is 8.78 Å². The van der Waals surface area contributed by atoms with E-state index >= 15 is 0 Å². The maximum atomic E-state index is 14.8. The lowest BCUT2D eigenvalue weighted by Gasteiger charge is -2.40. The second-order valence-corrected chi connectivity index (χ2v) is 7.81. The van der Waals surface area contributed by atoms with Crippen molar-refractivity contribution in [1.82, 2.24) is 4.52 Å². The summed E-state index contributed by atoms with van der Waals surface area (Å²) in [5.41, 5.74) is 3.36. The molecular formula is C20H21F2N2+. The Hall–Kier alpha value is -2.23. The van der Waals surface area contributed by atoms with Crippen LogP contribution in [0.1, 0.15) is 38.8 Å². The summed E-state index contributed by atoms with van der Waals surface area (Å²) < 4.78 is 32.9. The fourth-order valence-electron chi connectivity index (χ4n) is 3.90. The first-order chi connectivity index (χ1) is 11.1. The average molecular weight is 327 g/mol. The highest BCUT2D eigenvalue weighted by atomic mass is 19.1. The predicted molar refractivity (Wildman–Crippen MR) is 90.0 cm³/mol. The summed E-state index contributed by atoms with van der Waals surface area (Å²) in [5, 5.41) is 0. The Labute approximate surface area is 140 Å². The number of hydrogen-bond donors (Lipinski definition) is 0. The Morgan fingerprint density at radius 2 is 1.71 bits per heavy atom. The van der Waals surface area contributed by atoms with E-state index in [1.807, 2.05) is 39.1 Å². The summed E-state index contributed by atoms with van der Waals surface area (Å²) in [6.45, 7) is 10.4. The third-order valence-corrected chi connectivity index (χ3v) is 5.89. The van der Waals surface area contributed by atoms with Crippen LogP contribution in [0.25, 0.3) is 16.8 Å². The summed E-state index contributed by atoms with van der Waals surface area (Å²) in [5.74, 6) is -1.03. The third-order valence-electron chi connectivity index (χ3n) is 5.89. The van der Waals surface area contributed by atoms with Crippen LogP contribution in [0.15, 0.2) is 36.5 Å². The largest absolute Gasteiger partial charge is 0.243 e. The van der Waals surface area contributed by atoms with Crippen molar-refractivity contribution in [2.75, 3.05) is 0 Å². The molecule has 0 bridgehead atoms. The van der Waals surface area contributed by atoms with Gasteiger partial charge in [-0.1, -0.05) is 4.68 Å². The second-order valence-electron chi connectivity index (χ2n) is 7.81. The molecule has 2 aromatic heterocycles. The smallest absolute Gasteiger partial charge is 0.207 e. The molecule has 0 N–H and O–H groups in total. The van der Waals surface area contributed by atoms with Crippen molar-refractivity contribution in [3.05, 3.63) is 59.3 Å². The van der Waals surface area contributed by atoms with Crippen molar-refractivity contribution in [2.24, 2.45) is 0 Å². The summed E-state index contributed by atoms with van der Waals surface area (Å²) in [4.78, 5) is 0. The lowest BCUT2D eigenvalue weighted by atomic mass is 9.65. The van der Waals surface area contributed by atoms with E-state index in [2.05, 4.69) is 29.1 Å². The highest BCUT2D eigenvalue weighted by Crippen LogP contribution is 2.47. The number of fused-ring (bicyclic) bond motifs is 5. The molecule has 4 rings (SSSR count). The fourth-order valence-corrected chi connectivity index (χ4v) is 3.90. The van der Waals surface area contributed by atoms with Gasteiger partial charge in [0.1, 0.15) is 17.2 Å². The molecule has 0 amide bonds. The van der Waals surface area contributed by atoms with Crippen LogP contribution < -0.4 is 4.68 Å². The van der Waals surface area contributed by atoms with Crippen molar-refractivity contribution in [3.8, 4) is 11.3 Å². The number of aromatic nitrogens is 2. The minimum atomic E-state index is -0.525. The number of halogens is 2. The second kappa shape index (κ2) is 4.44. The van der Waals surface area contributed by atoms with Crippen LogP contribution in [0.2, 0.25) is 0 Å². The van der Waals surface area contributed by atoms with E-state index in [0.717, 1.165) is 28.4 Å². The Balaban J connectivity index is 2.22. The number of rotatable bonds is 0. The molecule has 0 saturated heterocycles. The molecule has 0 unspecified atom stereocenters. The van der Waals surface area contributed by atoms with Gasteiger partial charge in [0.05, 0.1) is 17.2 Å². The van der Waals surface area contributed by atoms with Crippen LogP contribution in [0, 0.1) is 18.6 Å². The molecule has 4 heteroatoms. The van der Waals surface area contributed by atoms with Gasteiger partial charge in [-0.05, 0) is 50.1 Å². The first-order valence-corrected chi connectivity index (χ1v) is 8.19. The lowest BCUT2D eigenvalue weighted by molar-refractivity contribution is -0.816. The zero-order valence-electron chi connectivity index (χ0n) is 14.6. The Morgan fingerprint density at radius 1 is 1.00 bits per heavy atom. The molecule has 0 fully saturated rings. The monoisotopic (exact) mass is 327 g/mol. The first-order valence-electron chi connectivity index (χ1n) is 8.19. The summed E-state index contributed by atoms with van der Waals surface area (Å²) in [7, 11) is 0. The Bertz CT molecular complexity index is 997. The minimum Gasteiger partial charge on any atom is -0.207 e. The molecule has 3 aromatic rings. The van der Waals surface area contributed by atoms with Crippen molar-refractivity contribution in [3.63, 3.8) is 0 Å². The van der Waals surface area contributed by atoms with Crippen LogP contribution in [0.4, 0.5) is 8.78 Å². The minimum absolute atomic E-state index is 0.364. The predicted octanol–water partition coefficient (Wildman–Crippen LogP) is 4.51. The van der Waals surface area contributed by atoms with Gasteiger partial charge in [-0.3, -0.25) is 0 Å². The standard InChI is InChI=1S/C20H21F2N2/c1-12-6-7-23-14(8-12)11-17-18-15(9-13(21)10-16(18)22)19(2,3)20(4,5)24(17)23/h6-11H,1-5H3/q+1. The average Bonchev–Trinajstić information content (AvgIpc) is 2.83. The van der Waals surface area contributed by atoms with Crippen LogP contribution in [0.3, 0.4) is 0 Å². The summed E-state index contributed by atoms with van der Waals surface area (Å²) in [6.07, 6.45) is 2.01. The zero-order chi connectivity index (χ0) is 17.4. The van der Waals surface area contributed by atoms with Gasteiger partial charge in [0.15, 0.2) is 5.54 Å². The van der Waals surface area contributed by atoms with Crippen LogP contribution in [-0.2, 0) is 11.0 Å². The number of nitrogens with zero attached hydrogens (tertiary/aromatic N) is 2. The molecular weight excluding hydrogens is 306 g/mol. The highest BCUT2D eigenvalue weighted by molar-refractivity contribution is 5.70. The molecule has 2 nitrogen and oxygen atoms in total. The number of pyridine rings is 1. The fraction of sp³-hybridized carbons (Fsp3) is 0.350. The quantitative estimate of drug-likeness (QED) is 0.537. The molecule has 1 aromatic carbocycles. The molecule has 0 spiro atoms. The molecule has 0 saturated carbocycles. The van der Waals surface area contributed by atoms with Gasteiger partial charge >= 0.3 is 0 Å². The summed E-state index contributed by atoms with van der Waals surface area (Å²) >= 11 is 0. The van der Waals surface area contributed by atoms with E-state index in [1.54, 1.807) is 0 Å². The molecule has 0 aliphatic carbocycles. The van der Waals surface area contributed by atoms with Gasteiger partial charge in [-0.15, -0.1) is 4.52 Å². The van der Waals surface area contributed by atoms with E-state index in [0.29, 0.717) is 5.56 Å². The molecule has 1 aliphatic heterocycles. The van der Waals surface area contributed by atoms with Gasteiger partial charge in [-0.2, -0.15) is 0 Å². The first kappa shape index (κ1) is 15.3. The van der Waals surface area contributed by atoms with Gasteiger partial charge in [-0.25, -0.2) is 8.78 Å². The van der Waals surface area contributed by atoms with E-state index < -0.39 is 17.0 Å². The van der Waals surface area contributed by atoms with Crippen LogP contribution in [-0.4, -0.2) is 4.52 Å². The summed E-state index contributed by atoms with van der Waals surface area (Å²) in [6, 6.07) is 8.57. The SMILES string of the molecule is Cc1ccn2c(c1)cc1[n+]2C(C)(C)C(C)(C)c2cc(F)cc(F)c2-1. The van der Waals surface area contributed by atoms with Gasteiger partial charge in [0.2, 0.25) is 5.69 Å².